The second kappa shape index (κ2) is 17.2. The van der Waals surface area contributed by atoms with Crippen LogP contribution in [0, 0.1) is 5.41 Å². The topological polar surface area (TPSA) is 157 Å². The summed E-state index contributed by atoms with van der Waals surface area (Å²) in [6.07, 6.45) is 4.99. The molecule has 0 heterocycles. The standard InChI is InChI=1S/C20H39N3O6/c1-20(14-27-17(24)8-2-5-11-21,15-28-18(25)9-3-6-12-22)16-29-19(26)10-4-7-13-23/h2-16,21-23H2,1H3. The minimum Gasteiger partial charge on any atom is -0.465 e. The van der Waals surface area contributed by atoms with Gasteiger partial charge in [-0.15, -0.1) is 0 Å². The van der Waals surface area contributed by atoms with Crippen molar-refractivity contribution in [1.29, 1.82) is 0 Å². The number of esters is 3. The van der Waals surface area contributed by atoms with Crippen molar-refractivity contribution in [1.82, 2.24) is 0 Å². The second-order valence-corrected chi connectivity index (χ2v) is 7.53. The van der Waals surface area contributed by atoms with Gasteiger partial charge in [0.1, 0.15) is 19.8 Å². The van der Waals surface area contributed by atoms with E-state index >= 15 is 0 Å². The van der Waals surface area contributed by atoms with Crippen molar-refractivity contribution in [2.24, 2.45) is 22.6 Å². The Balaban J connectivity index is 4.60. The first-order valence-electron chi connectivity index (χ1n) is 10.4. The summed E-state index contributed by atoms with van der Waals surface area (Å²) < 4.78 is 16.0. The van der Waals surface area contributed by atoms with E-state index < -0.39 is 5.41 Å². The quantitative estimate of drug-likeness (QED) is 0.168. The fourth-order valence-electron chi connectivity index (χ4n) is 2.35. The molecule has 9 nitrogen and oxygen atoms in total. The number of hydrogen-bond donors (Lipinski definition) is 3. The number of ether oxygens (including phenoxy) is 3. The van der Waals surface area contributed by atoms with Crippen molar-refractivity contribution >= 4 is 17.9 Å². The minimum atomic E-state index is -0.823. The molecule has 0 aliphatic carbocycles. The lowest BCUT2D eigenvalue weighted by atomic mass is 9.94. The summed E-state index contributed by atoms with van der Waals surface area (Å²) in [7, 11) is 0. The van der Waals surface area contributed by atoms with E-state index in [0.29, 0.717) is 38.9 Å². The maximum absolute atomic E-state index is 11.9. The number of carbonyl (C=O) groups excluding carboxylic acids is 3. The third-order valence-corrected chi connectivity index (χ3v) is 4.25. The van der Waals surface area contributed by atoms with Gasteiger partial charge in [0.25, 0.3) is 0 Å². The normalized spacial score (nSPS) is 11.2. The van der Waals surface area contributed by atoms with Gasteiger partial charge in [-0.05, 0) is 65.1 Å². The van der Waals surface area contributed by atoms with Gasteiger partial charge in [0, 0.05) is 19.3 Å². The largest absolute Gasteiger partial charge is 0.465 e. The Kier molecular flexibility index (Phi) is 16.2. The van der Waals surface area contributed by atoms with E-state index in [-0.39, 0.29) is 57.0 Å². The fraction of sp³-hybridized carbons (Fsp3) is 0.850. The SMILES string of the molecule is CC(COC(=O)CCCCN)(COC(=O)CCCCN)COC(=O)CCCCN. The maximum atomic E-state index is 11.9. The molecule has 6 N–H and O–H groups in total. The highest BCUT2D eigenvalue weighted by molar-refractivity contribution is 5.70. The molecule has 0 rings (SSSR count). The molecule has 0 spiro atoms. The smallest absolute Gasteiger partial charge is 0.305 e. The third-order valence-electron chi connectivity index (χ3n) is 4.25. The predicted octanol–water partition coefficient (Wildman–Crippen LogP) is 1.01. The van der Waals surface area contributed by atoms with Crippen molar-refractivity contribution in [2.45, 2.75) is 64.7 Å². The highest BCUT2D eigenvalue weighted by Gasteiger charge is 2.30. The van der Waals surface area contributed by atoms with Crippen molar-refractivity contribution in [3.05, 3.63) is 0 Å². The van der Waals surface area contributed by atoms with Crippen LogP contribution in [0.15, 0.2) is 0 Å². The van der Waals surface area contributed by atoms with E-state index in [9.17, 15) is 14.4 Å². The number of nitrogens with two attached hydrogens (primary N) is 3. The van der Waals surface area contributed by atoms with Crippen LogP contribution in [0.1, 0.15) is 64.7 Å². The zero-order valence-corrected chi connectivity index (χ0v) is 17.8. The monoisotopic (exact) mass is 417 g/mol. The third kappa shape index (κ3) is 15.8. The summed E-state index contributed by atoms with van der Waals surface area (Å²) in [5.41, 5.74) is 15.4. The molecular formula is C20H39N3O6. The van der Waals surface area contributed by atoms with Crippen LogP contribution in [-0.4, -0.2) is 57.4 Å². The van der Waals surface area contributed by atoms with E-state index in [2.05, 4.69) is 0 Å². The molecule has 0 bridgehead atoms. The molecule has 0 aliphatic heterocycles. The van der Waals surface area contributed by atoms with E-state index in [4.69, 9.17) is 31.4 Å². The second-order valence-electron chi connectivity index (χ2n) is 7.53. The first-order valence-corrected chi connectivity index (χ1v) is 10.4. The fourth-order valence-corrected chi connectivity index (χ4v) is 2.35. The van der Waals surface area contributed by atoms with Crippen LogP contribution in [-0.2, 0) is 28.6 Å². The van der Waals surface area contributed by atoms with Gasteiger partial charge in [0.05, 0.1) is 5.41 Å². The van der Waals surface area contributed by atoms with Crippen LogP contribution in [0.3, 0.4) is 0 Å². The average molecular weight is 418 g/mol. The highest BCUT2D eigenvalue weighted by Crippen LogP contribution is 2.20. The Morgan fingerprint density at radius 3 is 1.10 bits per heavy atom. The zero-order chi connectivity index (χ0) is 22.0. The molecule has 9 heteroatoms. The van der Waals surface area contributed by atoms with Gasteiger partial charge in [-0.2, -0.15) is 0 Å². The maximum Gasteiger partial charge on any atom is 0.305 e. The van der Waals surface area contributed by atoms with Gasteiger partial charge in [0.15, 0.2) is 0 Å². The van der Waals surface area contributed by atoms with E-state index in [1.165, 1.54) is 0 Å². The first kappa shape index (κ1) is 27.3. The Morgan fingerprint density at radius 1 is 0.586 bits per heavy atom. The van der Waals surface area contributed by atoms with Crippen LogP contribution in [0.5, 0.6) is 0 Å². The molecule has 29 heavy (non-hydrogen) atoms. The van der Waals surface area contributed by atoms with Gasteiger partial charge < -0.3 is 31.4 Å². The molecule has 170 valence electrons. The number of carbonyl (C=O) groups is 3. The Hall–Kier alpha value is -1.71. The van der Waals surface area contributed by atoms with Crippen molar-refractivity contribution in [3.63, 3.8) is 0 Å². The summed E-state index contributed by atoms with van der Waals surface area (Å²) in [6, 6.07) is 0. The van der Waals surface area contributed by atoms with E-state index in [1.54, 1.807) is 6.92 Å². The molecular weight excluding hydrogens is 378 g/mol. The van der Waals surface area contributed by atoms with E-state index in [0.717, 1.165) is 19.3 Å². The van der Waals surface area contributed by atoms with Crippen molar-refractivity contribution < 1.29 is 28.6 Å². The van der Waals surface area contributed by atoms with Crippen molar-refractivity contribution in [2.75, 3.05) is 39.5 Å². The molecule has 0 saturated carbocycles. The number of unbranched alkanes of at least 4 members (excludes halogenated alkanes) is 3. The van der Waals surface area contributed by atoms with Gasteiger partial charge in [-0.25, -0.2) is 0 Å². The molecule has 0 fully saturated rings. The summed E-state index contributed by atoms with van der Waals surface area (Å²) in [5, 5.41) is 0. The zero-order valence-electron chi connectivity index (χ0n) is 17.8. The lowest BCUT2D eigenvalue weighted by Crippen LogP contribution is -2.37. The summed E-state index contributed by atoms with van der Waals surface area (Å²) >= 11 is 0. The molecule has 0 radical (unpaired) electrons. The molecule has 0 unspecified atom stereocenters. The molecule has 0 atom stereocenters. The lowest BCUT2D eigenvalue weighted by Gasteiger charge is -2.28. The number of rotatable bonds is 18. The van der Waals surface area contributed by atoms with Crippen molar-refractivity contribution in [3.8, 4) is 0 Å². The van der Waals surface area contributed by atoms with Crippen LogP contribution in [0.4, 0.5) is 0 Å². The van der Waals surface area contributed by atoms with Gasteiger partial charge in [0.2, 0.25) is 0 Å². The molecule has 0 aromatic rings. The molecule has 0 saturated heterocycles. The summed E-state index contributed by atoms with van der Waals surface area (Å²) in [5.74, 6) is -1.06. The van der Waals surface area contributed by atoms with E-state index in [1.807, 2.05) is 0 Å². The average Bonchev–Trinajstić information content (AvgIpc) is 2.70. The minimum absolute atomic E-state index is 0.0133. The Morgan fingerprint density at radius 2 is 0.862 bits per heavy atom. The van der Waals surface area contributed by atoms with Crippen LogP contribution >= 0.6 is 0 Å². The van der Waals surface area contributed by atoms with Gasteiger partial charge in [-0.1, -0.05) is 0 Å². The predicted molar refractivity (Wildman–Crippen MR) is 110 cm³/mol. The molecule has 0 amide bonds. The summed E-state index contributed by atoms with van der Waals surface area (Å²) in [6.45, 7) is 3.27. The Labute approximate surface area is 174 Å². The van der Waals surface area contributed by atoms with Gasteiger partial charge >= 0.3 is 17.9 Å². The first-order chi connectivity index (χ1) is 13.9. The van der Waals surface area contributed by atoms with Gasteiger partial charge in [-0.3, -0.25) is 14.4 Å². The van der Waals surface area contributed by atoms with Crippen LogP contribution in [0.25, 0.3) is 0 Å². The summed E-state index contributed by atoms with van der Waals surface area (Å²) in [4.78, 5) is 35.7. The highest BCUT2D eigenvalue weighted by atomic mass is 16.6. The molecule has 0 aromatic heterocycles. The lowest BCUT2D eigenvalue weighted by molar-refractivity contribution is -0.160. The Bertz CT molecular complexity index is 409. The molecule has 0 aliphatic rings. The van der Waals surface area contributed by atoms with Crippen LogP contribution in [0.2, 0.25) is 0 Å². The molecule has 0 aromatic carbocycles. The number of hydrogen-bond acceptors (Lipinski definition) is 9. The van der Waals surface area contributed by atoms with Crippen LogP contribution < -0.4 is 17.2 Å².